The SMILES string of the molecule is CNc1cc([N+](=O)[O-])cc(N(C)c2cccc(C#N)c2)n1. The molecule has 0 aliphatic heterocycles. The number of rotatable bonds is 4. The molecule has 0 fully saturated rings. The van der Waals surface area contributed by atoms with Crippen LogP contribution in [-0.2, 0) is 0 Å². The summed E-state index contributed by atoms with van der Waals surface area (Å²) in [7, 11) is 3.38. The average Bonchev–Trinajstić information content (AvgIpc) is 2.53. The van der Waals surface area contributed by atoms with Crippen LogP contribution in [0.25, 0.3) is 0 Å². The van der Waals surface area contributed by atoms with Crippen molar-refractivity contribution >= 4 is 23.0 Å². The van der Waals surface area contributed by atoms with Crippen LogP contribution in [0.3, 0.4) is 0 Å². The van der Waals surface area contributed by atoms with Gasteiger partial charge in [-0.3, -0.25) is 10.1 Å². The van der Waals surface area contributed by atoms with Gasteiger partial charge in [0.25, 0.3) is 5.69 Å². The molecule has 0 radical (unpaired) electrons. The van der Waals surface area contributed by atoms with Crippen molar-refractivity contribution in [3.05, 3.63) is 52.1 Å². The lowest BCUT2D eigenvalue weighted by molar-refractivity contribution is -0.384. The molecular weight excluding hydrogens is 270 g/mol. The van der Waals surface area contributed by atoms with Gasteiger partial charge in [0.15, 0.2) is 0 Å². The molecule has 2 aromatic rings. The first-order chi connectivity index (χ1) is 10.0. The maximum Gasteiger partial charge on any atom is 0.276 e. The van der Waals surface area contributed by atoms with Crippen LogP contribution in [0, 0.1) is 21.4 Å². The third-order valence-corrected chi connectivity index (χ3v) is 2.97. The Labute approximate surface area is 121 Å². The highest BCUT2D eigenvalue weighted by molar-refractivity contribution is 5.65. The fraction of sp³-hybridized carbons (Fsp3) is 0.143. The Balaban J connectivity index is 2.47. The minimum Gasteiger partial charge on any atom is -0.373 e. The molecule has 0 atom stereocenters. The van der Waals surface area contributed by atoms with Crippen molar-refractivity contribution in [1.82, 2.24) is 4.98 Å². The van der Waals surface area contributed by atoms with Gasteiger partial charge in [0.05, 0.1) is 28.7 Å². The molecule has 106 valence electrons. The van der Waals surface area contributed by atoms with E-state index in [2.05, 4.69) is 16.4 Å². The van der Waals surface area contributed by atoms with Crippen LogP contribution in [0.5, 0.6) is 0 Å². The molecule has 0 aliphatic carbocycles. The van der Waals surface area contributed by atoms with Gasteiger partial charge in [0.2, 0.25) is 0 Å². The smallest absolute Gasteiger partial charge is 0.276 e. The molecule has 7 nitrogen and oxygen atoms in total. The Bertz CT molecular complexity index is 724. The number of pyridine rings is 1. The van der Waals surface area contributed by atoms with Crippen molar-refractivity contribution in [3.63, 3.8) is 0 Å². The van der Waals surface area contributed by atoms with Gasteiger partial charge in [0.1, 0.15) is 11.6 Å². The molecule has 1 aromatic carbocycles. The average molecular weight is 283 g/mol. The summed E-state index contributed by atoms with van der Waals surface area (Å²) in [5, 5.41) is 22.7. The molecule has 0 unspecified atom stereocenters. The number of hydrogen-bond acceptors (Lipinski definition) is 6. The number of nitrogens with zero attached hydrogens (tertiary/aromatic N) is 4. The Morgan fingerprint density at radius 1 is 1.38 bits per heavy atom. The fourth-order valence-electron chi connectivity index (χ4n) is 1.82. The highest BCUT2D eigenvalue weighted by atomic mass is 16.6. The predicted octanol–water partition coefficient (Wildman–Crippen LogP) is 2.67. The van der Waals surface area contributed by atoms with E-state index in [0.717, 1.165) is 5.69 Å². The number of nitrogens with one attached hydrogen (secondary N) is 1. The number of nitro groups is 1. The van der Waals surface area contributed by atoms with Crippen molar-refractivity contribution in [2.45, 2.75) is 0 Å². The third-order valence-electron chi connectivity index (χ3n) is 2.97. The monoisotopic (exact) mass is 283 g/mol. The maximum absolute atomic E-state index is 11.0. The lowest BCUT2D eigenvalue weighted by Crippen LogP contribution is -2.12. The van der Waals surface area contributed by atoms with Gasteiger partial charge in [-0.15, -0.1) is 0 Å². The molecule has 0 saturated carbocycles. The predicted molar refractivity (Wildman–Crippen MR) is 79.7 cm³/mol. The number of benzene rings is 1. The fourth-order valence-corrected chi connectivity index (χ4v) is 1.82. The molecule has 0 aliphatic rings. The number of hydrogen-bond donors (Lipinski definition) is 1. The molecule has 1 aromatic heterocycles. The Morgan fingerprint density at radius 3 is 2.76 bits per heavy atom. The first-order valence-electron chi connectivity index (χ1n) is 6.13. The normalized spacial score (nSPS) is 9.76. The molecule has 0 amide bonds. The second-order valence-electron chi connectivity index (χ2n) is 4.30. The number of anilines is 3. The molecule has 0 spiro atoms. The van der Waals surface area contributed by atoms with E-state index in [1.165, 1.54) is 12.1 Å². The topological polar surface area (TPSA) is 95.1 Å². The van der Waals surface area contributed by atoms with E-state index >= 15 is 0 Å². The first-order valence-corrected chi connectivity index (χ1v) is 6.13. The zero-order chi connectivity index (χ0) is 15.4. The second kappa shape index (κ2) is 5.88. The Kier molecular flexibility index (Phi) is 4.00. The first kappa shape index (κ1) is 14.3. The van der Waals surface area contributed by atoms with E-state index in [1.807, 2.05) is 0 Å². The summed E-state index contributed by atoms with van der Waals surface area (Å²) in [6.45, 7) is 0. The molecule has 1 heterocycles. The van der Waals surface area contributed by atoms with Crippen LogP contribution < -0.4 is 10.2 Å². The van der Waals surface area contributed by atoms with E-state index < -0.39 is 4.92 Å². The highest BCUT2D eigenvalue weighted by Crippen LogP contribution is 2.27. The molecule has 0 bridgehead atoms. The number of aromatic nitrogens is 1. The lowest BCUT2D eigenvalue weighted by Gasteiger charge is -2.19. The summed E-state index contributed by atoms with van der Waals surface area (Å²) in [6.07, 6.45) is 0. The quantitative estimate of drug-likeness (QED) is 0.684. The van der Waals surface area contributed by atoms with Crippen LogP contribution in [0.2, 0.25) is 0 Å². The van der Waals surface area contributed by atoms with Crippen LogP contribution in [0.4, 0.5) is 23.0 Å². The number of nitriles is 1. The second-order valence-corrected chi connectivity index (χ2v) is 4.30. The molecule has 7 heteroatoms. The summed E-state index contributed by atoms with van der Waals surface area (Å²) >= 11 is 0. The Hall–Kier alpha value is -3.14. The zero-order valence-electron chi connectivity index (χ0n) is 11.6. The van der Waals surface area contributed by atoms with E-state index in [4.69, 9.17) is 5.26 Å². The molecule has 2 rings (SSSR count). The summed E-state index contributed by atoms with van der Waals surface area (Å²) in [5.74, 6) is 0.825. The van der Waals surface area contributed by atoms with Crippen molar-refractivity contribution in [3.8, 4) is 6.07 Å². The lowest BCUT2D eigenvalue weighted by atomic mass is 10.2. The van der Waals surface area contributed by atoms with Gasteiger partial charge in [-0.1, -0.05) is 6.07 Å². The van der Waals surface area contributed by atoms with Gasteiger partial charge in [0, 0.05) is 19.8 Å². The standard InChI is InChI=1S/C14H13N5O2/c1-16-13-7-12(19(20)21)8-14(17-13)18(2)11-5-3-4-10(6-11)9-15/h3-8H,1-2H3,(H,16,17). The van der Waals surface area contributed by atoms with E-state index in [-0.39, 0.29) is 5.69 Å². The largest absolute Gasteiger partial charge is 0.373 e. The van der Waals surface area contributed by atoms with Crippen molar-refractivity contribution in [1.29, 1.82) is 5.26 Å². The van der Waals surface area contributed by atoms with E-state index in [1.54, 1.807) is 43.3 Å². The highest BCUT2D eigenvalue weighted by Gasteiger charge is 2.14. The van der Waals surface area contributed by atoms with Gasteiger partial charge < -0.3 is 10.2 Å². The van der Waals surface area contributed by atoms with Gasteiger partial charge >= 0.3 is 0 Å². The van der Waals surface area contributed by atoms with Crippen molar-refractivity contribution in [2.24, 2.45) is 0 Å². The summed E-state index contributed by atoms with van der Waals surface area (Å²) in [4.78, 5) is 16.5. The van der Waals surface area contributed by atoms with Crippen LogP contribution in [0.15, 0.2) is 36.4 Å². The van der Waals surface area contributed by atoms with Crippen molar-refractivity contribution in [2.75, 3.05) is 24.3 Å². The van der Waals surface area contributed by atoms with E-state index in [9.17, 15) is 10.1 Å². The molecule has 21 heavy (non-hydrogen) atoms. The van der Waals surface area contributed by atoms with Crippen LogP contribution in [0.1, 0.15) is 5.56 Å². The molecular formula is C14H13N5O2. The Morgan fingerprint density at radius 2 is 2.14 bits per heavy atom. The van der Waals surface area contributed by atoms with Crippen LogP contribution in [-0.4, -0.2) is 24.0 Å². The van der Waals surface area contributed by atoms with Crippen LogP contribution >= 0.6 is 0 Å². The van der Waals surface area contributed by atoms with E-state index in [0.29, 0.717) is 17.2 Å². The third kappa shape index (κ3) is 3.06. The minimum absolute atomic E-state index is 0.0485. The maximum atomic E-state index is 11.0. The molecule has 0 saturated heterocycles. The van der Waals surface area contributed by atoms with Gasteiger partial charge in [-0.25, -0.2) is 4.98 Å². The van der Waals surface area contributed by atoms with Crippen molar-refractivity contribution < 1.29 is 4.92 Å². The molecule has 1 N–H and O–H groups in total. The summed E-state index contributed by atoms with van der Waals surface area (Å²) in [5.41, 5.74) is 1.19. The minimum atomic E-state index is -0.467. The zero-order valence-corrected chi connectivity index (χ0v) is 11.6. The van der Waals surface area contributed by atoms with Gasteiger partial charge in [-0.2, -0.15) is 5.26 Å². The summed E-state index contributed by atoms with van der Waals surface area (Å²) in [6, 6.07) is 11.8. The van der Waals surface area contributed by atoms with Gasteiger partial charge in [-0.05, 0) is 18.2 Å². The summed E-state index contributed by atoms with van der Waals surface area (Å²) < 4.78 is 0.